The molecule has 2 aromatic carbocycles. The van der Waals surface area contributed by atoms with Gasteiger partial charge in [0.05, 0.1) is 0 Å². The van der Waals surface area contributed by atoms with E-state index in [-0.39, 0.29) is 17.5 Å². The molecule has 3 rings (SSSR count). The molecule has 1 N–H and O–H groups in total. The summed E-state index contributed by atoms with van der Waals surface area (Å²) in [5, 5.41) is 3.29. The number of rotatable bonds is 4. The maximum atomic E-state index is 13.7. The normalized spacial score (nSPS) is 16.0. The van der Waals surface area contributed by atoms with Gasteiger partial charge in [0, 0.05) is 9.79 Å². The smallest absolute Gasteiger partial charge is 0.406 e. The first-order valence-corrected chi connectivity index (χ1v) is 8.76. The summed E-state index contributed by atoms with van der Waals surface area (Å²) < 4.78 is 54.2. The Hall–Kier alpha value is -1.73. The number of piperidine rings is 1. The van der Waals surface area contributed by atoms with Crippen molar-refractivity contribution in [2.45, 2.75) is 34.9 Å². The highest BCUT2D eigenvalue weighted by Crippen LogP contribution is 2.38. The summed E-state index contributed by atoms with van der Waals surface area (Å²) in [6.07, 6.45) is -2.82. The van der Waals surface area contributed by atoms with Gasteiger partial charge in [0.15, 0.2) is 0 Å². The Morgan fingerprint density at radius 1 is 1.00 bits per heavy atom. The zero-order valence-corrected chi connectivity index (χ0v) is 14.1. The highest BCUT2D eigenvalue weighted by Gasteiger charge is 2.31. The van der Waals surface area contributed by atoms with Crippen LogP contribution in [0.2, 0.25) is 0 Å². The van der Waals surface area contributed by atoms with Gasteiger partial charge in [-0.1, -0.05) is 11.8 Å². The summed E-state index contributed by atoms with van der Waals surface area (Å²) >= 11 is 1.42. The molecule has 0 aliphatic carbocycles. The molecule has 0 radical (unpaired) electrons. The maximum absolute atomic E-state index is 13.7. The van der Waals surface area contributed by atoms with E-state index in [0.717, 1.165) is 41.3 Å². The summed E-state index contributed by atoms with van der Waals surface area (Å²) in [4.78, 5) is 1.70. The number of benzene rings is 2. The van der Waals surface area contributed by atoms with Crippen molar-refractivity contribution in [2.75, 3.05) is 13.1 Å². The average Bonchev–Trinajstić information content (AvgIpc) is 2.58. The van der Waals surface area contributed by atoms with E-state index in [2.05, 4.69) is 10.1 Å². The third-order valence-electron chi connectivity index (χ3n) is 4.04. The number of hydrogen-bond acceptors (Lipinski definition) is 3. The number of alkyl halides is 3. The van der Waals surface area contributed by atoms with Crippen LogP contribution in [-0.4, -0.2) is 19.5 Å². The van der Waals surface area contributed by atoms with Gasteiger partial charge >= 0.3 is 6.36 Å². The van der Waals surface area contributed by atoms with E-state index in [1.54, 1.807) is 24.3 Å². The Bertz CT molecular complexity index is 712. The number of nitrogens with one attached hydrogen (secondary N) is 1. The summed E-state index contributed by atoms with van der Waals surface area (Å²) in [6, 6.07) is 10.4. The van der Waals surface area contributed by atoms with Crippen molar-refractivity contribution in [1.29, 1.82) is 0 Å². The van der Waals surface area contributed by atoms with Gasteiger partial charge in [-0.3, -0.25) is 0 Å². The molecular weight excluding hydrogens is 354 g/mol. The predicted octanol–water partition coefficient (Wildman–Crippen LogP) is 5.34. The Labute approximate surface area is 147 Å². The molecule has 7 heteroatoms. The van der Waals surface area contributed by atoms with Crippen molar-refractivity contribution >= 4 is 11.8 Å². The van der Waals surface area contributed by atoms with E-state index in [0.29, 0.717) is 0 Å². The van der Waals surface area contributed by atoms with E-state index in [9.17, 15) is 17.6 Å². The molecule has 1 heterocycles. The van der Waals surface area contributed by atoms with Crippen LogP contribution < -0.4 is 10.1 Å². The number of halogens is 4. The van der Waals surface area contributed by atoms with E-state index in [1.807, 2.05) is 0 Å². The van der Waals surface area contributed by atoms with Gasteiger partial charge in [-0.25, -0.2) is 4.39 Å². The highest BCUT2D eigenvalue weighted by molar-refractivity contribution is 7.99. The average molecular weight is 371 g/mol. The van der Waals surface area contributed by atoms with Crippen molar-refractivity contribution in [3.8, 4) is 5.75 Å². The second-order valence-corrected chi connectivity index (χ2v) is 6.94. The molecule has 1 aliphatic heterocycles. The Morgan fingerprint density at radius 3 is 2.32 bits per heavy atom. The minimum Gasteiger partial charge on any atom is -0.406 e. The molecular formula is C18H17F4NOS. The van der Waals surface area contributed by atoms with Crippen LogP contribution in [0.15, 0.2) is 52.3 Å². The molecule has 1 fully saturated rings. The monoisotopic (exact) mass is 371 g/mol. The molecule has 0 aromatic heterocycles. The highest BCUT2D eigenvalue weighted by atomic mass is 32.2. The second-order valence-electron chi connectivity index (χ2n) is 5.83. The van der Waals surface area contributed by atoms with Crippen LogP contribution in [0.1, 0.15) is 24.3 Å². The number of ether oxygens (including phenoxy) is 1. The molecule has 0 saturated carbocycles. The lowest BCUT2D eigenvalue weighted by atomic mass is 9.90. The predicted molar refractivity (Wildman–Crippen MR) is 88.5 cm³/mol. The molecule has 134 valence electrons. The first kappa shape index (κ1) is 18.1. The molecule has 0 bridgehead atoms. The molecule has 0 atom stereocenters. The van der Waals surface area contributed by atoms with Crippen molar-refractivity contribution < 1.29 is 22.3 Å². The van der Waals surface area contributed by atoms with E-state index < -0.39 is 6.36 Å². The summed E-state index contributed by atoms with van der Waals surface area (Å²) in [5.41, 5.74) is 0.960. The first-order chi connectivity index (χ1) is 11.9. The van der Waals surface area contributed by atoms with Gasteiger partial charge in [-0.2, -0.15) is 0 Å². The Balaban J connectivity index is 1.78. The molecule has 25 heavy (non-hydrogen) atoms. The van der Waals surface area contributed by atoms with Crippen LogP contribution in [0.3, 0.4) is 0 Å². The van der Waals surface area contributed by atoms with Crippen LogP contribution in [0.5, 0.6) is 5.75 Å². The molecule has 0 unspecified atom stereocenters. The van der Waals surface area contributed by atoms with Gasteiger partial charge in [0.2, 0.25) is 0 Å². The van der Waals surface area contributed by atoms with Crippen LogP contribution in [0, 0.1) is 5.82 Å². The van der Waals surface area contributed by atoms with Gasteiger partial charge in [0.25, 0.3) is 0 Å². The van der Waals surface area contributed by atoms with Gasteiger partial charge in [-0.05, 0) is 79.9 Å². The molecule has 2 nitrogen and oxygen atoms in total. The maximum Gasteiger partial charge on any atom is 0.573 e. The third-order valence-corrected chi connectivity index (χ3v) is 5.14. The summed E-state index contributed by atoms with van der Waals surface area (Å²) in [6.45, 7) is 1.80. The van der Waals surface area contributed by atoms with Gasteiger partial charge in [0.1, 0.15) is 11.6 Å². The van der Waals surface area contributed by atoms with E-state index in [4.69, 9.17) is 0 Å². The standard InChI is InChI=1S/C18H17F4NOS/c19-13-1-6-17(16(11-13)12-7-9-23-10-8-12)25-15-4-2-14(3-5-15)24-18(20,21)22/h1-6,11-12,23H,7-10H2. The van der Waals surface area contributed by atoms with Crippen LogP contribution in [0.25, 0.3) is 0 Å². The summed E-state index contributed by atoms with van der Waals surface area (Å²) in [5.74, 6) is -0.242. The summed E-state index contributed by atoms with van der Waals surface area (Å²) in [7, 11) is 0. The molecule has 0 amide bonds. The third kappa shape index (κ3) is 5.12. The SMILES string of the molecule is Fc1ccc(Sc2ccc(OC(F)(F)F)cc2)c(C2CCNCC2)c1. The zero-order chi connectivity index (χ0) is 17.9. The number of hydrogen-bond donors (Lipinski definition) is 1. The van der Waals surface area contributed by atoms with Crippen LogP contribution >= 0.6 is 11.8 Å². The second kappa shape index (κ2) is 7.66. The lowest BCUT2D eigenvalue weighted by molar-refractivity contribution is -0.274. The van der Waals surface area contributed by atoms with E-state index in [1.165, 1.54) is 30.0 Å². The fourth-order valence-corrected chi connectivity index (χ4v) is 3.91. The van der Waals surface area contributed by atoms with Gasteiger partial charge in [-0.15, -0.1) is 13.2 Å². The molecule has 1 saturated heterocycles. The van der Waals surface area contributed by atoms with Crippen molar-refractivity contribution in [1.82, 2.24) is 5.32 Å². The zero-order valence-electron chi connectivity index (χ0n) is 13.3. The topological polar surface area (TPSA) is 21.3 Å². The van der Waals surface area contributed by atoms with Gasteiger partial charge < -0.3 is 10.1 Å². The lowest BCUT2D eigenvalue weighted by Gasteiger charge is -2.25. The molecule has 1 aliphatic rings. The fraction of sp³-hybridized carbons (Fsp3) is 0.333. The first-order valence-electron chi connectivity index (χ1n) is 7.94. The van der Waals surface area contributed by atoms with Crippen molar-refractivity contribution in [3.05, 3.63) is 53.8 Å². The largest absolute Gasteiger partial charge is 0.573 e. The van der Waals surface area contributed by atoms with Crippen LogP contribution in [-0.2, 0) is 0 Å². The lowest BCUT2D eigenvalue weighted by Crippen LogP contribution is -2.26. The Kier molecular flexibility index (Phi) is 5.54. The minimum atomic E-state index is -4.70. The minimum absolute atomic E-state index is 0.255. The van der Waals surface area contributed by atoms with E-state index >= 15 is 0 Å². The van der Waals surface area contributed by atoms with Crippen molar-refractivity contribution in [3.63, 3.8) is 0 Å². The fourth-order valence-electron chi connectivity index (χ4n) is 2.90. The molecule has 0 spiro atoms. The Morgan fingerprint density at radius 2 is 1.68 bits per heavy atom. The molecule has 2 aromatic rings. The van der Waals surface area contributed by atoms with Crippen LogP contribution in [0.4, 0.5) is 17.6 Å². The quantitative estimate of drug-likeness (QED) is 0.733. The van der Waals surface area contributed by atoms with Crippen molar-refractivity contribution in [2.24, 2.45) is 0 Å².